The van der Waals surface area contributed by atoms with Crippen molar-refractivity contribution in [1.29, 1.82) is 0 Å². The third-order valence-electron chi connectivity index (χ3n) is 4.72. The fraction of sp³-hybridized carbons (Fsp3) is 0.412. The summed E-state index contributed by atoms with van der Waals surface area (Å²) in [6, 6.07) is 4.58. The van der Waals surface area contributed by atoms with Gasteiger partial charge in [-0.05, 0) is 29.7 Å². The molecule has 0 unspecified atom stereocenters. The number of halogens is 1. The minimum atomic E-state index is -0.842. The van der Waals surface area contributed by atoms with E-state index in [0.717, 1.165) is 11.5 Å². The molecule has 2 aromatic rings. The molecule has 12 heteroatoms. The van der Waals surface area contributed by atoms with Crippen molar-refractivity contribution in [3.8, 4) is 0 Å². The quantitative estimate of drug-likeness (QED) is 0.741. The van der Waals surface area contributed by atoms with Crippen LogP contribution in [0.5, 0.6) is 0 Å². The van der Waals surface area contributed by atoms with E-state index in [1.807, 2.05) is 4.90 Å². The Balaban J connectivity index is 1.38. The van der Waals surface area contributed by atoms with Crippen LogP contribution in [-0.2, 0) is 15.5 Å². The molecule has 1 atom stereocenters. The third-order valence-corrected chi connectivity index (χ3v) is 6.50. The van der Waals surface area contributed by atoms with Crippen molar-refractivity contribution in [3.63, 3.8) is 0 Å². The number of hydrogen-bond acceptors (Lipinski definition) is 8. The Morgan fingerprint density at radius 1 is 1.38 bits per heavy atom. The average Bonchev–Trinajstić information content (AvgIpc) is 3.37. The molecule has 1 N–H and O–H groups in total. The fourth-order valence-electron chi connectivity index (χ4n) is 3.20. The minimum absolute atomic E-state index is 0.115. The number of carbonyl (C=O) groups is 2. The Labute approximate surface area is 172 Å². The monoisotopic (exact) mass is 439 g/mol. The molecule has 1 aromatic heterocycles. The maximum atomic E-state index is 14.7. The van der Waals surface area contributed by atoms with E-state index in [1.54, 1.807) is 12.1 Å². The Morgan fingerprint density at radius 2 is 2.17 bits per heavy atom. The van der Waals surface area contributed by atoms with Crippen LogP contribution in [0, 0.1) is 5.82 Å². The molecule has 9 nitrogen and oxygen atoms in total. The lowest BCUT2D eigenvalue weighted by Crippen LogP contribution is -2.38. The van der Waals surface area contributed by atoms with Gasteiger partial charge in [-0.1, -0.05) is 4.49 Å². The molecule has 3 heterocycles. The maximum absolute atomic E-state index is 14.7. The largest absolute Gasteiger partial charge is 0.442 e. The molecule has 2 aliphatic heterocycles. The lowest BCUT2D eigenvalue weighted by Gasteiger charge is -2.29. The minimum Gasteiger partial charge on any atom is -0.442 e. The lowest BCUT2D eigenvalue weighted by atomic mass is 10.2. The van der Waals surface area contributed by atoms with Crippen LogP contribution in [0.15, 0.2) is 23.6 Å². The van der Waals surface area contributed by atoms with Gasteiger partial charge in [-0.25, -0.2) is 9.18 Å². The van der Waals surface area contributed by atoms with Gasteiger partial charge in [0.2, 0.25) is 0 Å². The molecule has 2 aliphatic rings. The summed E-state index contributed by atoms with van der Waals surface area (Å²) in [7, 11) is -0.842. The molecular formula is C17H18FN5O4S2. The van der Waals surface area contributed by atoms with Crippen LogP contribution in [-0.4, -0.2) is 69.6 Å². The Morgan fingerprint density at radius 3 is 2.86 bits per heavy atom. The highest BCUT2D eigenvalue weighted by Gasteiger charge is 2.33. The number of amides is 2. The number of ether oxygens (including phenoxy) is 1. The molecule has 0 saturated carbocycles. The summed E-state index contributed by atoms with van der Waals surface area (Å²) < 4.78 is 35.0. The van der Waals surface area contributed by atoms with Crippen molar-refractivity contribution in [2.45, 2.75) is 6.10 Å². The van der Waals surface area contributed by atoms with Gasteiger partial charge in [0.1, 0.15) is 11.9 Å². The number of nitrogens with zero attached hydrogens (tertiary/aromatic N) is 4. The Hall–Kier alpha value is -2.60. The van der Waals surface area contributed by atoms with Crippen LogP contribution in [0.1, 0.15) is 10.5 Å². The molecule has 0 aliphatic carbocycles. The van der Waals surface area contributed by atoms with E-state index in [1.165, 1.54) is 16.3 Å². The summed E-state index contributed by atoms with van der Waals surface area (Å²) >= 11 is 1.07. The first-order chi connectivity index (χ1) is 14.0. The second-order valence-electron chi connectivity index (χ2n) is 6.59. The van der Waals surface area contributed by atoms with Crippen LogP contribution < -0.4 is 15.1 Å². The summed E-state index contributed by atoms with van der Waals surface area (Å²) in [6.45, 7) is 1.37. The normalized spacial score (nSPS) is 20.0. The van der Waals surface area contributed by atoms with E-state index >= 15 is 0 Å². The first kappa shape index (κ1) is 19.7. The summed E-state index contributed by atoms with van der Waals surface area (Å²) in [6.07, 6.45) is -1.15. The first-order valence-electron chi connectivity index (χ1n) is 8.94. The smallest absolute Gasteiger partial charge is 0.414 e. The van der Waals surface area contributed by atoms with E-state index < -0.39 is 34.7 Å². The topological polar surface area (TPSA) is 105 Å². The summed E-state index contributed by atoms with van der Waals surface area (Å²) in [5.41, 5.74) is 1.02. The molecule has 0 radical (unpaired) electrons. The number of hydrogen-bond donors (Lipinski definition) is 1. The van der Waals surface area contributed by atoms with Gasteiger partial charge in [-0.3, -0.25) is 13.9 Å². The molecular weight excluding hydrogens is 421 g/mol. The summed E-state index contributed by atoms with van der Waals surface area (Å²) in [5.74, 6) is 0.190. The van der Waals surface area contributed by atoms with Crippen molar-refractivity contribution in [1.82, 2.24) is 14.9 Å². The SMILES string of the molecule is O=C(NC[C@H]1CN(c2ccc(N3CCS(=O)CC3)c(F)c2)C(=O)O1)c1csnn1. The standard InChI is InChI=1S/C17H18FN5O4S2/c18-13-7-11(1-2-15(13)22-3-5-29(26)6-4-22)23-9-12(27-17(23)25)8-19-16(24)14-10-28-21-20-14/h1-2,7,10,12H,3-6,8-9H2,(H,19,24)/t12-/m0/s1. The fourth-order valence-corrected chi connectivity index (χ4v) is 4.69. The molecule has 2 amide bonds. The predicted octanol–water partition coefficient (Wildman–Crippen LogP) is 1.00. The van der Waals surface area contributed by atoms with E-state index in [0.29, 0.717) is 36.0 Å². The van der Waals surface area contributed by atoms with Gasteiger partial charge < -0.3 is 15.0 Å². The second-order valence-corrected chi connectivity index (χ2v) is 8.89. The molecule has 0 bridgehead atoms. The summed E-state index contributed by atoms with van der Waals surface area (Å²) in [5, 5.41) is 7.84. The van der Waals surface area contributed by atoms with Gasteiger partial charge in [0, 0.05) is 40.8 Å². The van der Waals surface area contributed by atoms with Gasteiger partial charge in [0.25, 0.3) is 5.91 Å². The van der Waals surface area contributed by atoms with Gasteiger partial charge in [-0.15, -0.1) is 5.10 Å². The molecule has 4 rings (SSSR count). The zero-order valence-corrected chi connectivity index (χ0v) is 16.9. The highest BCUT2D eigenvalue weighted by molar-refractivity contribution is 7.85. The van der Waals surface area contributed by atoms with Crippen molar-refractivity contribution < 1.29 is 22.9 Å². The third kappa shape index (κ3) is 4.37. The molecule has 29 heavy (non-hydrogen) atoms. The van der Waals surface area contributed by atoms with E-state index in [9.17, 15) is 18.2 Å². The summed E-state index contributed by atoms with van der Waals surface area (Å²) in [4.78, 5) is 27.3. The average molecular weight is 439 g/mol. The number of nitrogens with one attached hydrogen (secondary N) is 1. The van der Waals surface area contributed by atoms with Crippen molar-refractivity contribution in [2.24, 2.45) is 0 Å². The number of rotatable bonds is 5. The highest BCUT2D eigenvalue weighted by atomic mass is 32.2. The highest BCUT2D eigenvalue weighted by Crippen LogP contribution is 2.28. The van der Waals surface area contributed by atoms with Gasteiger partial charge in [0.15, 0.2) is 5.69 Å². The second kappa shape index (κ2) is 8.41. The molecule has 2 saturated heterocycles. The van der Waals surface area contributed by atoms with Crippen LogP contribution in [0.25, 0.3) is 0 Å². The number of anilines is 2. The number of cyclic esters (lactones) is 1. The van der Waals surface area contributed by atoms with Crippen molar-refractivity contribution >= 4 is 45.7 Å². The number of benzene rings is 1. The Kier molecular flexibility index (Phi) is 5.72. The molecule has 0 spiro atoms. The molecule has 2 fully saturated rings. The van der Waals surface area contributed by atoms with E-state index in [-0.39, 0.29) is 18.8 Å². The van der Waals surface area contributed by atoms with Crippen LogP contribution in [0.3, 0.4) is 0 Å². The van der Waals surface area contributed by atoms with Crippen LogP contribution >= 0.6 is 11.5 Å². The van der Waals surface area contributed by atoms with Crippen LogP contribution in [0.4, 0.5) is 20.6 Å². The van der Waals surface area contributed by atoms with Gasteiger partial charge in [-0.2, -0.15) is 0 Å². The lowest BCUT2D eigenvalue weighted by molar-refractivity contribution is 0.0911. The molecule has 154 valence electrons. The van der Waals surface area contributed by atoms with Gasteiger partial charge in [0.05, 0.1) is 24.5 Å². The van der Waals surface area contributed by atoms with E-state index in [2.05, 4.69) is 14.9 Å². The van der Waals surface area contributed by atoms with Crippen molar-refractivity contribution in [2.75, 3.05) is 47.5 Å². The number of aromatic nitrogens is 2. The Bertz CT molecular complexity index is 932. The first-order valence-corrected chi connectivity index (χ1v) is 11.3. The van der Waals surface area contributed by atoms with E-state index in [4.69, 9.17) is 4.74 Å². The maximum Gasteiger partial charge on any atom is 0.414 e. The number of carbonyl (C=O) groups excluding carboxylic acids is 2. The van der Waals surface area contributed by atoms with Crippen LogP contribution in [0.2, 0.25) is 0 Å². The molecule has 1 aromatic carbocycles. The predicted molar refractivity (Wildman–Crippen MR) is 106 cm³/mol. The van der Waals surface area contributed by atoms with Crippen molar-refractivity contribution in [3.05, 3.63) is 35.1 Å². The van der Waals surface area contributed by atoms with Gasteiger partial charge >= 0.3 is 6.09 Å². The zero-order valence-electron chi connectivity index (χ0n) is 15.2. The zero-order chi connectivity index (χ0) is 20.4.